The number of benzene rings is 1. The van der Waals surface area contributed by atoms with E-state index in [4.69, 9.17) is 4.74 Å². The monoisotopic (exact) mass is 388 g/mol. The van der Waals surface area contributed by atoms with Crippen LogP contribution in [0.15, 0.2) is 55.1 Å². The molecule has 0 bridgehead atoms. The van der Waals surface area contributed by atoms with Gasteiger partial charge in [-0.2, -0.15) is 13.2 Å². The van der Waals surface area contributed by atoms with E-state index >= 15 is 0 Å². The fraction of sp³-hybridized carbons (Fsp3) is 0.158. The van der Waals surface area contributed by atoms with Crippen molar-refractivity contribution in [1.29, 1.82) is 0 Å². The van der Waals surface area contributed by atoms with E-state index in [-0.39, 0.29) is 23.7 Å². The third-order valence-corrected chi connectivity index (χ3v) is 3.75. The summed E-state index contributed by atoms with van der Waals surface area (Å²) in [6.45, 7) is 1.73. The lowest BCUT2D eigenvalue weighted by Crippen LogP contribution is -2.12. The zero-order valence-electron chi connectivity index (χ0n) is 14.7. The summed E-state index contributed by atoms with van der Waals surface area (Å²) < 4.78 is 45.2. The number of carbonyl (C=O) groups excluding carboxylic acids is 1. The molecule has 0 spiro atoms. The molecule has 9 heteroatoms. The SMILES string of the molecule is CCOC(=O)c1ccc(C(F)(F)F)c(Nc2ncccc2-c2ccncn2)c1. The van der Waals surface area contributed by atoms with Crippen molar-refractivity contribution in [2.24, 2.45) is 0 Å². The Balaban J connectivity index is 2.06. The first kappa shape index (κ1) is 19.3. The Morgan fingerprint density at radius 2 is 1.96 bits per heavy atom. The van der Waals surface area contributed by atoms with Crippen LogP contribution < -0.4 is 5.32 Å². The van der Waals surface area contributed by atoms with Crippen LogP contribution in [0.4, 0.5) is 24.7 Å². The molecule has 3 rings (SSSR count). The van der Waals surface area contributed by atoms with Crippen molar-refractivity contribution in [1.82, 2.24) is 15.0 Å². The van der Waals surface area contributed by atoms with Gasteiger partial charge in [-0.1, -0.05) is 0 Å². The largest absolute Gasteiger partial charge is 0.462 e. The van der Waals surface area contributed by atoms with Gasteiger partial charge < -0.3 is 10.1 Å². The summed E-state index contributed by atoms with van der Waals surface area (Å²) in [7, 11) is 0. The quantitative estimate of drug-likeness (QED) is 0.650. The minimum atomic E-state index is -4.63. The van der Waals surface area contributed by atoms with Crippen molar-refractivity contribution in [2.45, 2.75) is 13.1 Å². The minimum absolute atomic E-state index is 0.00290. The molecule has 2 heterocycles. The maximum atomic E-state index is 13.5. The molecular formula is C19H15F3N4O2. The molecule has 0 aliphatic carbocycles. The zero-order valence-corrected chi connectivity index (χ0v) is 14.7. The molecule has 0 amide bonds. The topological polar surface area (TPSA) is 77.0 Å². The van der Waals surface area contributed by atoms with E-state index in [1.807, 2.05) is 0 Å². The number of anilines is 2. The average molecular weight is 388 g/mol. The fourth-order valence-corrected chi connectivity index (χ4v) is 2.53. The minimum Gasteiger partial charge on any atom is -0.462 e. The summed E-state index contributed by atoms with van der Waals surface area (Å²) in [6, 6.07) is 7.93. The summed E-state index contributed by atoms with van der Waals surface area (Å²) in [5, 5.41) is 2.68. The smallest absolute Gasteiger partial charge is 0.418 e. The van der Waals surface area contributed by atoms with Crippen LogP contribution in [0.1, 0.15) is 22.8 Å². The van der Waals surface area contributed by atoms with Gasteiger partial charge in [0.2, 0.25) is 0 Å². The van der Waals surface area contributed by atoms with Crippen molar-refractivity contribution in [3.63, 3.8) is 0 Å². The molecule has 0 saturated heterocycles. The van der Waals surface area contributed by atoms with Gasteiger partial charge in [0.25, 0.3) is 0 Å². The van der Waals surface area contributed by atoms with Crippen LogP contribution in [0.5, 0.6) is 0 Å². The van der Waals surface area contributed by atoms with Crippen LogP contribution in [0.2, 0.25) is 0 Å². The molecule has 3 aromatic rings. The number of nitrogens with zero attached hydrogens (tertiary/aromatic N) is 3. The summed E-state index contributed by atoms with van der Waals surface area (Å²) in [5.41, 5.74) is -0.274. The predicted octanol–water partition coefficient (Wildman–Crippen LogP) is 4.48. The number of carbonyl (C=O) groups is 1. The highest BCUT2D eigenvalue weighted by Gasteiger charge is 2.34. The second-order valence-electron chi connectivity index (χ2n) is 5.60. The van der Waals surface area contributed by atoms with Gasteiger partial charge in [0.1, 0.15) is 12.1 Å². The normalized spacial score (nSPS) is 11.1. The standard InChI is InChI=1S/C19H15F3N4O2/c1-2-28-18(27)12-5-6-14(19(20,21)22)16(10-12)26-17-13(4-3-8-24-17)15-7-9-23-11-25-15/h3-11H,2H2,1H3,(H,24,26). The van der Waals surface area contributed by atoms with Gasteiger partial charge in [0, 0.05) is 18.0 Å². The number of hydrogen-bond acceptors (Lipinski definition) is 6. The van der Waals surface area contributed by atoms with Crippen LogP contribution in [0.25, 0.3) is 11.3 Å². The molecule has 144 valence electrons. The molecule has 0 fully saturated rings. The molecule has 0 radical (unpaired) electrons. The van der Waals surface area contributed by atoms with Crippen molar-refractivity contribution < 1.29 is 22.7 Å². The third-order valence-electron chi connectivity index (χ3n) is 3.75. The summed E-state index contributed by atoms with van der Waals surface area (Å²) in [5.74, 6) is -0.552. The molecule has 2 aromatic heterocycles. The van der Waals surface area contributed by atoms with E-state index in [9.17, 15) is 18.0 Å². The van der Waals surface area contributed by atoms with E-state index in [2.05, 4.69) is 20.3 Å². The second kappa shape index (κ2) is 8.03. The zero-order chi connectivity index (χ0) is 20.1. The van der Waals surface area contributed by atoms with Gasteiger partial charge in [0.15, 0.2) is 0 Å². The van der Waals surface area contributed by atoms with E-state index in [0.29, 0.717) is 11.3 Å². The maximum Gasteiger partial charge on any atom is 0.418 e. The Kier molecular flexibility index (Phi) is 5.53. The van der Waals surface area contributed by atoms with Crippen molar-refractivity contribution in [3.8, 4) is 11.3 Å². The predicted molar refractivity (Wildman–Crippen MR) is 95.9 cm³/mol. The summed E-state index contributed by atoms with van der Waals surface area (Å²) in [6.07, 6.45) is -0.342. The first-order valence-electron chi connectivity index (χ1n) is 8.27. The molecule has 1 N–H and O–H groups in total. The Hall–Kier alpha value is -3.49. The van der Waals surface area contributed by atoms with Crippen LogP contribution in [-0.4, -0.2) is 27.5 Å². The number of esters is 1. The molecular weight excluding hydrogens is 373 g/mol. The first-order chi connectivity index (χ1) is 13.4. The Labute approximate surface area is 158 Å². The second-order valence-corrected chi connectivity index (χ2v) is 5.60. The van der Waals surface area contributed by atoms with Crippen LogP contribution in [0.3, 0.4) is 0 Å². The lowest BCUT2D eigenvalue weighted by molar-refractivity contribution is -0.136. The van der Waals surface area contributed by atoms with Gasteiger partial charge in [-0.3, -0.25) is 0 Å². The molecule has 0 aliphatic heterocycles. The van der Waals surface area contributed by atoms with Crippen molar-refractivity contribution in [3.05, 3.63) is 66.2 Å². The number of nitrogens with one attached hydrogen (secondary N) is 1. The number of ether oxygens (including phenoxy) is 1. The van der Waals surface area contributed by atoms with E-state index in [0.717, 1.165) is 18.2 Å². The maximum absolute atomic E-state index is 13.5. The number of aromatic nitrogens is 3. The van der Waals surface area contributed by atoms with Crippen molar-refractivity contribution in [2.75, 3.05) is 11.9 Å². The number of halogens is 3. The molecule has 1 aromatic carbocycles. The molecule has 0 saturated carbocycles. The molecule has 0 aliphatic rings. The Morgan fingerprint density at radius 3 is 2.64 bits per heavy atom. The molecule has 28 heavy (non-hydrogen) atoms. The highest BCUT2D eigenvalue weighted by molar-refractivity contribution is 5.91. The van der Waals surface area contributed by atoms with Gasteiger partial charge in [-0.15, -0.1) is 0 Å². The van der Waals surface area contributed by atoms with Crippen LogP contribution in [0, 0.1) is 0 Å². The highest BCUT2D eigenvalue weighted by atomic mass is 19.4. The van der Waals surface area contributed by atoms with Crippen LogP contribution >= 0.6 is 0 Å². The Bertz CT molecular complexity index is 978. The highest BCUT2D eigenvalue weighted by Crippen LogP contribution is 2.37. The fourth-order valence-electron chi connectivity index (χ4n) is 2.53. The number of alkyl halides is 3. The average Bonchev–Trinajstić information content (AvgIpc) is 2.68. The Morgan fingerprint density at radius 1 is 1.14 bits per heavy atom. The van der Waals surface area contributed by atoms with Gasteiger partial charge >= 0.3 is 12.1 Å². The lowest BCUT2D eigenvalue weighted by atomic mass is 10.1. The lowest BCUT2D eigenvalue weighted by Gasteiger charge is -2.17. The van der Waals surface area contributed by atoms with Crippen molar-refractivity contribution >= 4 is 17.5 Å². The van der Waals surface area contributed by atoms with Crippen LogP contribution in [-0.2, 0) is 10.9 Å². The first-order valence-corrected chi connectivity index (χ1v) is 8.27. The third kappa shape index (κ3) is 4.25. The van der Waals surface area contributed by atoms with Gasteiger partial charge in [-0.25, -0.2) is 19.7 Å². The van der Waals surface area contributed by atoms with Gasteiger partial charge in [0.05, 0.1) is 29.1 Å². The molecule has 0 atom stereocenters. The summed E-state index contributed by atoms with van der Waals surface area (Å²) >= 11 is 0. The molecule has 0 unspecified atom stereocenters. The molecule has 6 nitrogen and oxygen atoms in total. The summed E-state index contributed by atoms with van der Waals surface area (Å²) in [4.78, 5) is 24.0. The van der Waals surface area contributed by atoms with E-state index < -0.39 is 17.7 Å². The number of rotatable bonds is 5. The number of hydrogen-bond donors (Lipinski definition) is 1. The van der Waals surface area contributed by atoms with Gasteiger partial charge in [-0.05, 0) is 43.3 Å². The van der Waals surface area contributed by atoms with E-state index in [1.54, 1.807) is 25.1 Å². The van der Waals surface area contributed by atoms with E-state index in [1.165, 1.54) is 18.7 Å². The number of pyridine rings is 1.